The maximum atomic E-state index is 5.91. The van der Waals surface area contributed by atoms with Gasteiger partial charge >= 0.3 is 0 Å². The molecule has 2 aromatic rings. The van der Waals surface area contributed by atoms with E-state index in [9.17, 15) is 0 Å². The lowest BCUT2D eigenvalue weighted by atomic mass is 10.2. The van der Waals surface area contributed by atoms with Crippen molar-refractivity contribution in [3.8, 4) is 11.5 Å². The zero-order chi connectivity index (χ0) is 12.4. The van der Waals surface area contributed by atoms with Crippen LogP contribution in [0.25, 0.3) is 0 Å². The van der Waals surface area contributed by atoms with Crippen molar-refractivity contribution in [2.24, 2.45) is 4.99 Å². The van der Waals surface area contributed by atoms with Gasteiger partial charge < -0.3 is 9.47 Å². The third-order valence-electron chi connectivity index (χ3n) is 2.49. The fourth-order valence-electron chi connectivity index (χ4n) is 1.61. The van der Waals surface area contributed by atoms with Crippen molar-refractivity contribution in [3.05, 3.63) is 47.2 Å². The van der Waals surface area contributed by atoms with Gasteiger partial charge in [0, 0.05) is 12.4 Å². The number of aromatic nitrogens is 1. The molecule has 0 fully saturated rings. The highest BCUT2D eigenvalue weighted by molar-refractivity contribution is 6.31. The summed E-state index contributed by atoms with van der Waals surface area (Å²) < 4.78 is 10.5. The molecule has 0 N–H and O–H groups in total. The average Bonchev–Trinajstić information content (AvgIpc) is 2.85. The molecule has 2 heterocycles. The second kappa shape index (κ2) is 4.66. The molecule has 0 amide bonds. The molecule has 0 atom stereocenters. The maximum absolute atomic E-state index is 5.91. The van der Waals surface area contributed by atoms with Gasteiger partial charge in [0.05, 0.1) is 0 Å². The highest BCUT2D eigenvalue weighted by atomic mass is 35.5. The van der Waals surface area contributed by atoms with Gasteiger partial charge in [-0.3, -0.25) is 4.99 Å². The highest BCUT2D eigenvalue weighted by Gasteiger charge is 2.12. The predicted octanol–water partition coefficient (Wildman–Crippen LogP) is 3.21. The molecule has 0 bridgehead atoms. The molecule has 3 rings (SSSR count). The Balaban J connectivity index is 1.87. The molecule has 0 aliphatic carbocycles. The van der Waals surface area contributed by atoms with E-state index in [1.165, 1.54) is 0 Å². The molecule has 0 unspecified atom stereocenters. The molecule has 1 aromatic carbocycles. The zero-order valence-corrected chi connectivity index (χ0v) is 10.1. The van der Waals surface area contributed by atoms with Crippen molar-refractivity contribution in [1.82, 2.24) is 4.98 Å². The first-order valence-corrected chi connectivity index (χ1v) is 5.75. The number of ether oxygens (including phenoxy) is 2. The van der Waals surface area contributed by atoms with Gasteiger partial charge in [0.1, 0.15) is 5.69 Å². The summed E-state index contributed by atoms with van der Waals surface area (Å²) in [4.78, 5) is 8.24. The Kier molecular flexibility index (Phi) is 2.86. The van der Waals surface area contributed by atoms with Crippen LogP contribution in [0.2, 0.25) is 5.15 Å². The van der Waals surface area contributed by atoms with Crippen molar-refractivity contribution in [2.75, 3.05) is 6.79 Å². The molecule has 0 spiro atoms. The van der Waals surface area contributed by atoms with Crippen LogP contribution in [0.4, 0.5) is 5.69 Å². The molecular formula is C13H9ClN2O2. The Morgan fingerprint density at radius 1 is 1.22 bits per heavy atom. The molecule has 0 saturated carbocycles. The summed E-state index contributed by atoms with van der Waals surface area (Å²) in [6.07, 6.45) is 3.34. The lowest BCUT2D eigenvalue weighted by Crippen LogP contribution is -1.92. The van der Waals surface area contributed by atoms with E-state index in [1.54, 1.807) is 24.5 Å². The minimum atomic E-state index is 0.268. The number of fused-ring (bicyclic) bond motifs is 1. The molecule has 4 nitrogen and oxygen atoms in total. The largest absolute Gasteiger partial charge is 0.454 e. The van der Waals surface area contributed by atoms with E-state index in [4.69, 9.17) is 21.1 Å². The van der Waals surface area contributed by atoms with E-state index in [2.05, 4.69) is 9.98 Å². The van der Waals surface area contributed by atoms with Gasteiger partial charge in [0.25, 0.3) is 0 Å². The molecule has 1 aliphatic rings. The lowest BCUT2D eigenvalue weighted by Gasteiger charge is -1.98. The summed E-state index contributed by atoms with van der Waals surface area (Å²) in [5.74, 6) is 1.49. The van der Waals surface area contributed by atoms with Crippen LogP contribution in [0.5, 0.6) is 11.5 Å². The highest BCUT2D eigenvalue weighted by Crippen LogP contribution is 2.32. The smallest absolute Gasteiger partial charge is 0.231 e. The Morgan fingerprint density at radius 3 is 3.00 bits per heavy atom. The van der Waals surface area contributed by atoms with E-state index < -0.39 is 0 Å². The van der Waals surface area contributed by atoms with E-state index in [-0.39, 0.29) is 6.79 Å². The van der Waals surface area contributed by atoms with E-state index in [0.717, 1.165) is 17.1 Å². The van der Waals surface area contributed by atoms with Gasteiger partial charge in [0.15, 0.2) is 16.7 Å². The van der Waals surface area contributed by atoms with Gasteiger partial charge in [-0.1, -0.05) is 11.6 Å². The predicted molar refractivity (Wildman–Crippen MR) is 69.1 cm³/mol. The Labute approximate surface area is 109 Å². The number of nitrogens with zero attached hydrogens (tertiary/aromatic N) is 2. The normalized spacial score (nSPS) is 13.2. The number of halogens is 1. The molecule has 1 aliphatic heterocycles. The number of hydrogen-bond donors (Lipinski definition) is 0. The summed E-state index contributed by atoms with van der Waals surface area (Å²) >= 11 is 5.91. The summed E-state index contributed by atoms with van der Waals surface area (Å²) in [6, 6.07) is 9.23. The lowest BCUT2D eigenvalue weighted by molar-refractivity contribution is 0.174. The minimum Gasteiger partial charge on any atom is -0.454 e. The molecule has 5 heteroatoms. The summed E-state index contributed by atoms with van der Waals surface area (Å²) in [6.45, 7) is 0.268. The molecule has 0 radical (unpaired) electrons. The average molecular weight is 261 g/mol. The third kappa shape index (κ3) is 2.15. The third-order valence-corrected chi connectivity index (χ3v) is 2.78. The van der Waals surface area contributed by atoms with Crippen LogP contribution < -0.4 is 9.47 Å². The van der Waals surface area contributed by atoms with E-state index >= 15 is 0 Å². The minimum absolute atomic E-state index is 0.268. The fraction of sp³-hybridized carbons (Fsp3) is 0.0769. The van der Waals surface area contributed by atoms with Gasteiger partial charge in [-0.2, -0.15) is 0 Å². The fourth-order valence-corrected chi connectivity index (χ4v) is 1.78. The van der Waals surface area contributed by atoms with Crippen molar-refractivity contribution < 1.29 is 9.47 Å². The summed E-state index contributed by atoms with van der Waals surface area (Å²) in [7, 11) is 0. The number of rotatable bonds is 2. The van der Waals surface area contributed by atoms with Gasteiger partial charge in [0.2, 0.25) is 6.79 Å². The van der Waals surface area contributed by atoms with Gasteiger partial charge in [-0.15, -0.1) is 0 Å². The van der Waals surface area contributed by atoms with Crippen LogP contribution in [0, 0.1) is 0 Å². The molecule has 1 aromatic heterocycles. The number of aliphatic imine (C=N–C) groups is 1. The number of hydrogen-bond acceptors (Lipinski definition) is 4. The van der Waals surface area contributed by atoms with Crippen LogP contribution >= 0.6 is 11.6 Å². The number of benzene rings is 1. The quantitative estimate of drug-likeness (QED) is 0.615. The Morgan fingerprint density at radius 2 is 2.11 bits per heavy atom. The molecular weight excluding hydrogens is 252 g/mol. The van der Waals surface area contributed by atoms with Crippen LogP contribution in [0.3, 0.4) is 0 Å². The van der Waals surface area contributed by atoms with Crippen LogP contribution in [-0.4, -0.2) is 18.0 Å². The van der Waals surface area contributed by atoms with Crippen molar-refractivity contribution in [1.29, 1.82) is 0 Å². The van der Waals surface area contributed by atoms with Crippen LogP contribution in [0.15, 0.2) is 41.5 Å². The maximum Gasteiger partial charge on any atom is 0.231 e. The number of pyridine rings is 1. The van der Waals surface area contributed by atoms with Crippen LogP contribution in [0.1, 0.15) is 5.56 Å². The SMILES string of the molecule is Clc1ncccc1N=Cc1ccc2c(c1)OCO2. The van der Waals surface area contributed by atoms with Crippen molar-refractivity contribution in [2.45, 2.75) is 0 Å². The Bertz CT molecular complexity index is 614. The first kappa shape index (κ1) is 11.0. The summed E-state index contributed by atoms with van der Waals surface area (Å²) in [5, 5.41) is 0.384. The first-order valence-electron chi connectivity index (χ1n) is 5.37. The van der Waals surface area contributed by atoms with E-state index in [1.807, 2.05) is 18.2 Å². The molecule has 18 heavy (non-hydrogen) atoms. The summed E-state index contributed by atoms with van der Waals surface area (Å²) in [5.41, 5.74) is 1.55. The topological polar surface area (TPSA) is 43.7 Å². The second-order valence-corrected chi connectivity index (χ2v) is 4.04. The monoisotopic (exact) mass is 260 g/mol. The van der Waals surface area contributed by atoms with Crippen LogP contribution in [-0.2, 0) is 0 Å². The van der Waals surface area contributed by atoms with E-state index in [0.29, 0.717) is 10.8 Å². The Hall–Kier alpha value is -2.07. The zero-order valence-electron chi connectivity index (χ0n) is 9.34. The van der Waals surface area contributed by atoms with Crippen molar-refractivity contribution in [3.63, 3.8) is 0 Å². The second-order valence-electron chi connectivity index (χ2n) is 3.68. The first-order chi connectivity index (χ1) is 8.83. The standard InChI is InChI=1S/C13H9ClN2O2/c14-13-10(2-1-5-15-13)16-7-9-3-4-11-12(6-9)18-8-17-11/h1-7H,8H2. The van der Waals surface area contributed by atoms with Gasteiger partial charge in [-0.25, -0.2) is 4.98 Å². The van der Waals surface area contributed by atoms with Gasteiger partial charge in [-0.05, 0) is 35.9 Å². The van der Waals surface area contributed by atoms with Crippen molar-refractivity contribution >= 4 is 23.5 Å². The molecule has 90 valence electrons. The molecule has 0 saturated heterocycles.